The van der Waals surface area contributed by atoms with Crippen LogP contribution in [0.5, 0.6) is 11.5 Å². The molecule has 5 aromatic rings. The highest BCUT2D eigenvalue weighted by molar-refractivity contribution is 7.58. The van der Waals surface area contributed by atoms with E-state index in [1.165, 1.54) is 0 Å². The summed E-state index contributed by atoms with van der Waals surface area (Å²) in [4.78, 5) is 0. The van der Waals surface area contributed by atoms with Gasteiger partial charge in [-0.2, -0.15) is 0 Å². The van der Waals surface area contributed by atoms with Crippen LogP contribution in [0.15, 0.2) is 146 Å². The Morgan fingerprint density at radius 1 is 0.375 bits per heavy atom. The minimum absolute atomic E-state index is 0.300. The highest BCUT2D eigenvalue weighted by Crippen LogP contribution is 2.56. The fraction of sp³-hybridized carbons (Fsp3) is 0.118. The summed E-state index contributed by atoms with van der Waals surface area (Å²) in [7, 11) is -6.38. The van der Waals surface area contributed by atoms with E-state index in [4.69, 9.17) is 9.05 Å². The van der Waals surface area contributed by atoms with Gasteiger partial charge in [0.15, 0.2) is 0 Å². The van der Waals surface area contributed by atoms with Crippen LogP contribution in [0.1, 0.15) is 22.3 Å². The van der Waals surface area contributed by atoms with Crippen molar-refractivity contribution >= 4 is 14.7 Å². The van der Waals surface area contributed by atoms with Gasteiger partial charge in [-0.3, -0.25) is 9.13 Å². The van der Waals surface area contributed by atoms with Gasteiger partial charge in [0.1, 0.15) is 11.5 Å². The maximum atomic E-state index is 14.3. The minimum Gasteiger partial charge on any atom is -0.442 e. The lowest BCUT2D eigenvalue weighted by molar-refractivity contribution is 0.469. The van der Waals surface area contributed by atoms with E-state index in [1.807, 2.05) is 121 Å². The molecule has 0 bridgehead atoms. The van der Waals surface area contributed by atoms with Crippen LogP contribution in [-0.2, 0) is 33.8 Å². The summed E-state index contributed by atoms with van der Waals surface area (Å²) >= 11 is 0. The predicted molar refractivity (Wildman–Crippen MR) is 163 cm³/mol. The van der Waals surface area contributed by atoms with Gasteiger partial charge in [0.2, 0.25) is 0 Å². The highest BCUT2D eigenvalue weighted by atomic mass is 31.2. The predicted octanol–water partition coefficient (Wildman–Crippen LogP) is 9.80. The molecule has 0 radical (unpaired) electrons. The van der Waals surface area contributed by atoms with E-state index in [0.717, 1.165) is 22.3 Å². The summed E-state index contributed by atoms with van der Waals surface area (Å²) in [5.41, 5.74) is 3.79. The lowest BCUT2D eigenvalue weighted by Gasteiger charge is -2.22. The zero-order valence-corrected chi connectivity index (χ0v) is 24.0. The Morgan fingerprint density at radius 2 is 0.650 bits per heavy atom. The molecule has 0 aromatic heterocycles. The minimum atomic E-state index is -3.19. The van der Waals surface area contributed by atoms with Gasteiger partial charge >= 0.3 is 0 Å². The first-order valence-corrected chi connectivity index (χ1v) is 17.3. The largest absolute Gasteiger partial charge is 0.442 e. The number of benzene rings is 5. The van der Waals surface area contributed by atoms with Crippen LogP contribution < -0.4 is 9.05 Å². The van der Waals surface area contributed by atoms with E-state index in [9.17, 15) is 9.13 Å². The second-order valence-corrected chi connectivity index (χ2v) is 14.7. The van der Waals surface area contributed by atoms with Crippen molar-refractivity contribution in [2.24, 2.45) is 0 Å². The van der Waals surface area contributed by atoms with E-state index in [-0.39, 0.29) is 0 Å². The summed E-state index contributed by atoms with van der Waals surface area (Å²) in [6, 6.07) is 46.0. The highest BCUT2D eigenvalue weighted by Gasteiger charge is 2.28. The van der Waals surface area contributed by atoms with Gasteiger partial charge in [-0.1, -0.05) is 127 Å². The van der Waals surface area contributed by atoms with E-state index < -0.39 is 14.7 Å². The molecule has 5 rings (SSSR count). The molecule has 0 aliphatic rings. The van der Waals surface area contributed by atoms with Gasteiger partial charge in [-0.15, -0.1) is 0 Å². The zero-order chi connectivity index (χ0) is 27.7. The zero-order valence-electron chi connectivity index (χ0n) is 22.2. The molecule has 0 saturated heterocycles. The van der Waals surface area contributed by atoms with Crippen LogP contribution in [0.2, 0.25) is 0 Å². The third-order valence-electron chi connectivity index (χ3n) is 6.41. The van der Waals surface area contributed by atoms with Crippen molar-refractivity contribution < 1.29 is 18.2 Å². The summed E-state index contributed by atoms with van der Waals surface area (Å²) in [6.07, 6.45) is 1.20. The third kappa shape index (κ3) is 8.09. The second-order valence-electron chi connectivity index (χ2n) is 9.86. The summed E-state index contributed by atoms with van der Waals surface area (Å²) < 4.78 is 41.1. The van der Waals surface area contributed by atoms with Gasteiger partial charge in [0, 0.05) is 6.07 Å². The standard InChI is InChI=1S/C34H32O4P2/c35-39(25-29-14-5-1-6-15-29,26-30-16-7-2-8-17-30)37-33-22-13-23-34(24-33)38-40(36,27-31-18-9-3-10-19-31)28-32-20-11-4-12-21-32/h1-24H,25-28H2. The van der Waals surface area contributed by atoms with Gasteiger partial charge in [0.25, 0.3) is 14.7 Å². The van der Waals surface area contributed by atoms with Crippen molar-refractivity contribution in [1.29, 1.82) is 0 Å². The molecule has 4 nitrogen and oxygen atoms in total. The van der Waals surface area contributed by atoms with Gasteiger partial charge in [0.05, 0.1) is 24.6 Å². The molecule has 0 unspecified atom stereocenters. The Morgan fingerprint density at radius 3 is 0.925 bits per heavy atom. The Balaban J connectivity index is 1.41. The normalized spacial score (nSPS) is 11.6. The Bertz CT molecular complexity index is 1380. The molecule has 0 saturated carbocycles. The molecule has 0 heterocycles. The topological polar surface area (TPSA) is 52.6 Å². The Kier molecular flexibility index (Phi) is 9.01. The molecule has 0 aliphatic heterocycles. The quantitative estimate of drug-likeness (QED) is 0.141. The molecule has 5 aromatic carbocycles. The first-order chi connectivity index (χ1) is 19.5. The van der Waals surface area contributed by atoms with Crippen molar-refractivity contribution in [3.8, 4) is 11.5 Å². The molecular weight excluding hydrogens is 534 g/mol. The molecule has 6 heteroatoms. The SMILES string of the molecule is O=P(Cc1ccccc1)(Cc1ccccc1)Oc1cccc(OP(=O)(Cc2ccccc2)Cc2ccccc2)c1. The van der Waals surface area contributed by atoms with Gasteiger partial charge < -0.3 is 9.05 Å². The van der Waals surface area contributed by atoms with Crippen molar-refractivity contribution in [3.05, 3.63) is 168 Å². The number of hydrogen-bond donors (Lipinski definition) is 0. The van der Waals surface area contributed by atoms with Crippen LogP contribution in [-0.4, -0.2) is 0 Å². The van der Waals surface area contributed by atoms with Crippen molar-refractivity contribution in [1.82, 2.24) is 0 Å². The van der Waals surface area contributed by atoms with Gasteiger partial charge in [-0.25, -0.2) is 0 Å². The van der Waals surface area contributed by atoms with Crippen molar-refractivity contribution in [2.45, 2.75) is 24.6 Å². The second kappa shape index (κ2) is 13.0. The lowest BCUT2D eigenvalue weighted by atomic mass is 10.2. The van der Waals surface area contributed by atoms with Crippen LogP contribution in [0.4, 0.5) is 0 Å². The fourth-order valence-corrected chi connectivity index (χ4v) is 9.21. The Labute approximate surface area is 236 Å². The Hall–Kier alpha value is -3.84. The van der Waals surface area contributed by atoms with Crippen LogP contribution >= 0.6 is 14.7 Å². The molecule has 0 fully saturated rings. The molecule has 0 N–H and O–H groups in total. The number of rotatable bonds is 12. The molecule has 202 valence electrons. The van der Waals surface area contributed by atoms with Crippen LogP contribution in [0.3, 0.4) is 0 Å². The van der Waals surface area contributed by atoms with Crippen LogP contribution in [0, 0.1) is 0 Å². The molecule has 0 atom stereocenters. The molecule has 0 aliphatic carbocycles. The van der Waals surface area contributed by atoms with E-state index in [0.29, 0.717) is 36.1 Å². The third-order valence-corrected chi connectivity index (χ3v) is 10.9. The van der Waals surface area contributed by atoms with E-state index in [1.54, 1.807) is 24.3 Å². The lowest BCUT2D eigenvalue weighted by Crippen LogP contribution is -2.03. The summed E-state index contributed by atoms with van der Waals surface area (Å²) in [5, 5.41) is 0. The summed E-state index contributed by atoms with van der Waals surface area (Å²) in [5.74, 6) is 0.859. The first kappa shape index (κ1) is 27.7. The van der Waals surface area contributed by atoms with E-state index in [2.05, 4.69) is 0 Å². The van der Waals surface area contributed by atoms with Crippen molar-refractivity contribution in [2.75, 3.05) is 0 Å². The summed E-state index contributed by atoms with van der Waals surface area (Å²) in [6.45, 7) is 0. The van der Waals surface area contributed by atoms with E-state index >= 15 is 0 Å². The average Bonchev–Trinajstić information content (AvgIpc) is 2.95. The van der Waals surface area contributed by atoms with Crippen LogP contribution in [0.25, 0.3) is 0 Å². The monoisotopic (exact) mass is 566 g/mol. The van der Waals surface area contributed by atoms with Gasteiger partial charge in [-0.05, 0) is 34.4 Å². The maximum absolute atomic E-state index is 14.3. The first-order valence-electron chi connectivity index (χ1n) is 13.3. The maximum Gasteiger partial charge on any atom is 0.256 e. The molecular formula is C34H32O4P2. The molecule has 0 amide bonds. The van der Waals surface area contributed by atoms with Crippen molar-refractivity contribution in [3.63, 3.8) is 0 Å². The average molecular weight is 567 g/mol. The smallest absolute Gasteiger partial charge is 0.256 e. The molecule has 0 spiro atoms. The fourth-order valence-electron chi connectivity index (χ4n) is 4.66. The molecule has 40 heavy (non-hydrogen) atoms. The number of hydrogen-bond acceptors (Lipinski definition) is 4.